The van der Waals surface area contributed by atoms with Gasteiger partial charge in [-0.2, -0.15) is 0 Å². The van der Waals surface area contributed by atoms with Gasteiger partial charge in [0.05, 0.1) is 10.2 Å². The third-order valence-corrected chi connectivity index (χ3v) is 3.46. The number of aromatic nitrogens is 1. The van der Waals surface area contributed by atoms with E-state index in [4.69, 9.17) is 0 Å². The van der Waals surface area contributed by atoms with Crippen molar-refractivity contribution in [2.24, 2.45) is 0 Å². The molecule has 0 aliphatic heterocycles. The molecular formula is C13H16N2OS. The van der Waals surface area contributed by atoms with Crippen molar-refractivity contribution >= 4 is 26.7 Å². The Hall–Kier alpha value is -1.55. The Morgan fingerprint density at radius 3 is 3.12 bits per heavy atom. The summed E-state index contributed by atoms with van der Waals surface area (Å²) < 4.78 is 1.01. The minimum absolute atomic E-state index is 0.290. The maximum atomic E-state index is 9.36. The van der Waals surface area contributed by atoms with Gasteiger partial charge in [-0.3, -0.25) is 0 Å². The first-order chi connectivity index (χ1) is 8.29. The summed E-state index contributed by atoms with van der Waals surface area (Å²) in [7, 11) is 0. The van der Waals surface area contributed by atoms with E-state index in [0.717, 1.165) is 41.2 Å². The molecule has 90 valence electrons. The van der Waals surface area contributed by atoms with Gasteiger partial charge in [0, 0.05) is 6.54 Å². The quantitative estimate of drug-likeness (QED) is 0.604. The van der Waals surface area contributed by atoms with E-state index in [9.17, 15) is 5.11 Å². The van der Waals surface area contributed by atoms with Crippen LogP contribution in [0.3, 0.4) is 0 Å². The van der Waals surface area contributed by atoms with E-state index in [1.165, 1.54) is 0 Å². The molecule has 17 heavy (non-hydrogen) atoms. The molecule has 0 radical (unpaired) electrons. The zero-order valence-corrected chi connectivity index (χ0v) is 10.5. The first-order valence-corrected chi connectivity index (χ1v) is 6.55. The van der Waals surface area contributed by atoms with E-state index < -0.39 is 0 Å². The van der Waals surface area contributed by atoms with Crippen LogP contribution in [0.2, 0.25) is 0 Å². The van der Waals surface area contributed by atoms with Crippen molar-refractivity contribution in [1.29, 1.82) is 0 Å². The molecule has 2 N–H and O–H groups in total. The van der Waals surface area contributed by atoms with Crippen LogP contribution in [0.5, 0.6) is 5.75 Å². The summed E-state index contributed by atoms with van der Waals surface area (Å²) in [6, 6.07) is 5.25. The number of allylic oxidation sites excluding steroid dienone is 1. The second-order valence-corrected chi connectivity index (χ2v) is 4.91. The number of anilines is 1. The molecule has 4 heteroatoms. The van der Waals surface area contributed by atoms with E-state index in [1.54, 1.807) is 23.5 Å². The van der Waals surface area contributed by atoms with Crippen LogP contribution < -0.4 is 5.32 Å². The van der Waals surface area contributed by atoms with E-state index >= 15 is 0 Å². The van der Waals surface area contributed by atoms with Gasteiger partial charge in [-0.25, -0.2) is 4.98 Å². The van der Waals surface area contributed by atoms with Crippen molar-refractivity contribution in [2.45, 2.75) is 19.3 Å². The van der Waals surface area contributed by atoms with Gasteiger partial charge in [0.2, 0.25) is 0 Å². The van der Waals surface area contributed by atoms with Crippen LogP contribution in [0, 0.1) is 0 Å². The summed E-state index contributed by atoms with van der Waals surface area (Å²) in [5, 5.41) is 13.6. The highest BCUT2D eigenvalue weighted by molar-refractivity contribution is 7.22. The third kappa shape index (κ3) is 3.20. The van der Waals surface area contributed by atoms with Crippen molar-refractivity contribution in [3.05, 3.63) is 30.9 Å². The molecule has 1 aromatic carbocycles. The van der Waals surface area contributed by atoms with E-state index in [2.05, 4.69) is 16.9 Å². The van der Waals surface area contributed by atoms with Gasteiger partial charge >= 0.3 is 0 Å². The normalized spacial score (nSPS) is 10.6. The van der Waals surface area contributed by atoms with Crippen molar-refractivity contribution in [3.8, 4) is 5.75 Å². The Balaban J connectivity index is 1.93. The van der Waals surface area contributed by atoms with Gasteiger partial charge in [0.1, 0.15) is 5.75 Å². The number of fused-ring (bicyclic) bond motifs is 1. The Kier molecular flexibility index (Phi) is 3.98. The molecule has 1 aromatic heterocycles. The largest absolute Gasteiger partial charge is 0.508 e. The Morgan fingerprint density at radius 1 is 1.41 bits per heavy atom. The summed E-state index contributed by atoms with van der Waals surface area (Å²) in [5.41, 5.74) is 0.932. The second kappa shape index (κ2) is 5.68. The number of phenols is 1. The number of thiazole rings is 1. The van der Waals surface area contributed by atoms with Crippen molar-refractivity contribution in [1.82, 2.24) is 4.98 Å². The molecule has 0 saturated carbocycles. The topological polar surface area (TPSA) is 45.2 Å². The fourth-order valence-corrected chi connectivity index (χ4v) is 2.52. The van der Waals surface area contributed by atoms with Crippen LogP contribution in [-0.2, 0) is 0 Å². The number of hydrogen-bond acceptors (Lipinski definition) is 4. The second-order valence-electron chi connectivity index (χ2n) is 3.88. The van der Waals surface area contributed by atoms with Crippen molar-refractivity contribution < 1.29 is 5.11 Å². The molecule has 0 aliphatic carbocycles. The number of nitrogens with zero attached hydrogens (tertiary/aromatic N) is 1. The molecule has 0 fully saturated rings. The minimum Gasteiger partial charge on any atom is -0.508 e. The average Bonchev–Trinajstić information content (AvgIpc) is 2.70. The highest BCUT2D eigenvalue weighted by Gasteiger charge is 2.03. The van der Waals surface area contributed by atoms with Crippen LogP contribution in [-0.4, -0.2) is 16.6 Å². The molecule has 0 bridgehead atoms. The van der Waals surface area contributed by atoms with Gasteiger partial charge in [-0.1, -0.05) is 17.4 Å². The van der Waals surface area contributed by atoms with Gasteiger partial charge in [0.15, 0.2) is 5.13 Å². The maximum absolute atomic E-state index is 9.36. The number of phenolic OH excluding ortho intramolecular Hbond substituents is 1. The number of benzene rings is 1. The number of aromatic hydroxyl groups is 1. The summed E-state index contributed by atoms with van der Waals surface area (Å²) in [6.45, 7) is 4.63. The lowest BCUT2D eigenvalue weighted by molar-refractivity contribution is 0.476. The molecule has 0 aliphatic rings. The molecule has 2 rings (SSSR count). The number of unbranched alkanes of at least 4 members (excludes halogenated alkanes) is 2. The highest BCUT2D eigenvalue weighted by atomic mass is 32.1. The fourth-order valence-electron chi connectivity index (χ4n) is 1.60. The molecule has 3 nitrogen and oxygen atoms in total. The fraction of sp³-hybridized carbons (Fsp3) is 0.308. The van der Waals surface area contributed by atoms with Crippen LogP contribution >= 0.6 is 11.3 Å². The maximum Gasteiger partial charge on any atom is 0.183 e. The van der Waals surface area contributed by atoms with Crippen molar-refractivity contribution in [2.75, 3.05) is 11.9 Å². The van der Waals surface area contributed by atoms with Gasteiger partial charge in [0.25, 0.3) is 0 Å². The summed E-state index contributed by atoms with van der Waals surface area (Å²) in [4.78, 5) is 4.45. The predicted octanol–water partition coefficient (Wildman–Crippen LogP) is 3.77. The summed E-state index contributed by atoms with van der Waals surface area (Å²) >= 11 is 1.57. The summed E-state index contributed by atoms with van der Waals surface area (Å²) in [5.74, 6) is 0.290. The van der Waals surface area contributed by atoms with E-state index in [0.29, 0.717) is 5.75 Å². The van der Waals surface area contributed by atoms with Gasteiger partial charge < -0.3 is 10.4 Å². The zero-order chi connectivity index (χ0) is 12.1. The lowest BCUT2D eigenvalue weighted by Gasteiger charge is -2.00. The molecule has 2 aromatic rings. The lowest BCUT2D eigenvalue weighted by Crippen LogP contribution is -2.00. The Morgan fingerprint density at radius 2 is 2.29 bits per heavy atom. The van der Waals surface area contributed by atoms with Crippen LogP contribution in [0.1, 0.15) is 19.3 Å². The minimum atomic E-state index is 0.290. The standard InChI is InChI=1S/C13H16N2OS/c1-2-3-4-5-8-14-13-15-11-7-6-10(16)9-12(11)17-13/h2,6-7,9,16H,1,3-5,8H2,(H,14,15). The molecular weight excluding hydrogens is 232 g/mol. The molecule has 0 amide bonds. The number of hydrogen-bond donors (Lipinski definition) is 2. The SMILES string of the molecule is C=CCCCCNc1nc2ccc(O)cc2s1. The number of nitrogens with one attached hydrogen (secondary N) is 1. The third-order valence-electron chi connectivity index (χ3n) is 2.48. The van der Waals surface area contributed by atoms with Crippen LogP contribution in [0.4, 0.5) is 5.13 Å². The van der Waals surface area contributed by atoms with Gasteiger partial charge in [-0.05, 0) is 37.5 Å². The molecule has 0 saturated heterocycles. The van der Waals surface area contributed by atoms with Gasteiger partial charge in [-0.15, -0.1) is 6.58 Å². The molecule has 0 atom stereocenters. The average molecular weight is 248 g/mol. The number of rotatable bonds is 6. The van der Waals surface area contributed by atoms with E-state index in [1.807, 2.05) is 12.1 Å². The predicted molar refractivity (Wildman–Crippen MR) is 73.8 cm³/mol. The Labute approximate surface area is 105 Å². The summed E-state index contributed by atoms with van der Waals surface area (Å²) in [6.07, 6.45) is 5.28. The van der Waals surface area contributed by atoms with Crippen LogP contribution in [0.15, 0.2) is 30.9 Å². The van der Waals surface area contributed by atoms with Crippen molar-refractivity contribution in [3.63, 3.8) is 0 Å². The zero-order valence-electron chi connectivity index (χ0n) is 9.65. The molecule has 0 unspecified atom stereocenters. The Bertz CT molecular complexity index is 507. The lowest BCUT2D eigenvalue weighted by atomic mass is 10.2. The molecule has 0 spiro atoms. The van der Waals surface area contributed by atoms with Crippen LogP contribution in [0.25, 0.3) is 10.2 Å². The van der Waals surface area contributed by atoms with E-state index in [-0.39, 0.29) is 0 Å². The smallest absolute Gasteiger partial charge is 0.183 e. The molecule has 1 heterocycles. The first kappa shape index (κ1) is 11.9. The first-order valence-electron chi connectivity index (χ1n) is 5.74. The monoisotopic (exact) mass is 248 g/mol. The highest BCUT2D eigenvalue weighted by Crippen LogP contribution is 2.28.